The maximum atomic E-state index is 4.78. The van der Waals surface area contributed by atoms with Gasteiger partial charge >= 0.3 is 0 Å². The van der Waals surface area contributed by atoms with Gasteiger partial charge < -0.3 is 10.3 Å². The molecule has 17 heavy (non-hydrogen) atoms. The van der Waals surface area contributed by atoms with Crippen LogP contribution >= 0.6 is 0 Å². The maximum Gasteiger partial charge on any atom is 0.111 e. The van der Waals surface area contributed by atoms with E-state index in [0.29, 0.717) is 6.04 Å². The van der Waals surface area contributed by atoms with Gasteiger partial charge in [-0.05, 0) is 26.3 Å². The summed E-state index contributed by atoms with van der Waals surface area (Å²) in [6.45, 7) is 9.91. The Bertz CT molecular complexity index is 367. The molecule has 1 aromatic rings. The summed E-state index contributed by atoms with van der Waals surface area (Å²) in [5.41, 5.74) is 2.60. The van der Waals surface area contributed by atoms with Crippen LogP contribution in [0.25, 0.3) is 0 Å². The molecule has 3 nitrogen and oxygen atoms in total. The Morgan fingerprint density at radius 2 is 2.06 bits per heavy atom. The Kier molecular flexibility index (Phi) is 3.57. The van der Waals surface area contributed by atoms with Gasteiger partial charge in [-0.15, -0.1) is 0 Å². The van der Waals surface area contributed by atoms with Crippen molar-refractivity contribution in [2.75, 3.05) is 6.54 Å². The highest BCUT2D eigenvalue weighted by Gasteiger charge is 2.21. The van der Waals surface area contributed by atoms with Crippen LogP contribution in [0.5, 0.6) is 0 Å². The number of hydrogen-bond acceptors (Lipinski definition) is 2. The van der Waals surface area contributed by atoms with Crippen molar-refractivity contribution in [2.45, 2.75) is 64.8 Å². The minimum absolute atomic E-state index is 0.114. The summed E-state index contributed by atoms with van der Waals surface area (Å²) >= 11 is 0. The number of nitrogens with zero attached hydrogens (tertiary/aromatic N) is 1. The zero-order chi connectivity index (χ0) is 12.5. The summed E-state index contributed by atoms with van der Waals surface area (Å²) in [7, 11) is 0. The highest BCUT2D eigenvalue weighted by atomic mass is 15.0. The molecular formula is C14H25N3. The van der Waals surface area contributed by atoms with Gasteiger partial charge in [0.25, 0.3) is 0 Å². The van der Waals surface area contributed by atoms with Crippen LogP contribution in [0.4, 0.5) is 0 Å². The minimum Gasteiger partial charge on any atom is -0.345 e. The molecule has 0 bridgehead atoms. The molecule has 0 aromatic carbocycles. The van der Waals surface area contributed by atoms with Crippen molar-refractivity contribution >= 4 is 0 Å². The van der Waals surface area contributed by atoms with Crippen LogP contribution in [0.2, 0.25) is 0 Å². The van der Waals surface area contributed by atoms with Crippen molar-refractivity contribution < 1.29 is 0 Å². The second-order valence-electron chi connectivity index (χ2n) is 6.26. The summed E-state index contributed by atoms with van der Waals surface area (Å²) in [6, 6.07) is 0.624. The van der Waals surface area contributed by atoms with Gasteiger partial charge in [-0.25, -0.2) is 4.98 Å². The average molecular weight is 235 g/mol. The lowest BCUT2D eigenvalue weighted by Gasteiger charge is -2.22. The summed E-state index contributed by atoms with van der Waals surface area (Å²) < 4.78 is 0. The SMILES string of the molecule is Cc1[nH]c(C(C)(C)C)nc1CC1CCCCN1. The third kappa shape index (κ3) is 3.09. The Labute approximate surface area is 104 Å². The van der Waals surface area contributed by atoms with E-state index in [9.17, 15) is 0 Å². The van der Waals surface area contributed by atoms with E-state index in [2.05, 4.69) is 38.0 Å². The van der Waals surface area contributed by atoms with E-state index in [1.54, 1.807) is 0 Å². The molecule has 1 aliphatic rings. The molecule has 1 aliphatic heterocycles. The van der Waals surface area contributed by atoms with Crippen LogP contribution in [0.3, 0.4) is 0 Å². The Morgan fingerprint density at radius 1 is 1.29 bits per heavy atom. The predicted molar refractivity (Wildman–Crippen MR) is 71.4 cm³/mol. The van der Waals surface area contributed by atoms with Gasteiger partial charge in [0.2, 0.25) is 0 Å². The van der Waals surface area contributed by atoms with Gasteiger partial charge in [0.1, 0.15) is 5.82 Å². The molecule has 2 rings (SSSR count). The van der Waals surface area contributed by atoms with E-state index in [-0.39, 0.29) is 5.41 Å². The molecule has 1 aromatic heterocycles. The van der Waals surface area contributed by atoms with E-state index in [1.807, 2.05) is 0 Å². The van der Waals surface area contributed by atoms with Crippen molar-refractivity contribution in [1.29, 1.82) is 0 Å². The number of piperidine rings is 1. The molecular weight excluding hydrogens is 210 g/mol. The fraction of sp³-hybridized carbons (Fsp3) is 0.786. The highest BCUT2D eigenvalue weighted by Crippen LogP contribution is 2.22. The van der Waals surface area contributed by atoms with Gasteiger partial charge in [0.05, 0.1) is 5.69 Å². The zero-order valence-corrected chi connectivity index (χ0v) is 11.6. The fourth-order valence-corrected chi connectivity index (χ4v) is 2.38. The van der Waals surface area contributed by atoms with Crippen LogP contribution in [0.15, 0.2) is 0 Å². The average Bonchev–Trinajstić information content (AvgIpc) is 2.62. The van der Waals surface area contributed by atoms with Gasteiger partial charge in [0, 0.05) is 23.6 Å². The number of aromatic nitrogens is 2. The van der Waals surface area contributed by atoms with Crippen molar-refractivity contribution in [3.8, 4) is 0 Å². The molecule has 3 heteroatoms. The van der Waals surface area contributed by atoms with Crippen molar-refractivity contribution in [3.05, 3.63) is 17.2 Å². The monoisotopic (exact) mass is 235 g/mol. The van der Waals surface area contributed by atoms with Crippen molar-refractivity contribution in [2.24, 2.45) is 0 Å². The smallest absolute Gasteiger partial charge is 0.111 e. The lowest BCUT2D eigenvalue weighted by molar-refractivity contribution is 0.396. The molecule has 2 N–H and O–H groups in total. The number of H-pyrrole nitrogens is 1. The van der Waals surface area contributed by atoms with Gasteiger partial charge in [0.15, 0.2) is 0 Å². The number of aromatic amines is 1. The molecule has 0 saturated carbocycles. The van der Waals surface area contributed by atoms with E-state index in [4.69, 9.17) is 4.98 Å². The van der Waals surface area contributed by atoms with Crippen molar-refractivity contribution in [3.63, 3.8) is 0 Å². The fourth-order valence-electron chi connectivity index (χ4n) is 2.38. The summed E-state index contributed by atoms with van der Waals surface area (Å²) in [5, 5.41) is 3.59. The normalized spacial score (nSPS) is 21.8. The number of nitrogens with one attached hydrogen (secondary N) is 2. The van der Waals surface area contributed by atoms with Crippen LogP contribution in [-0.4, -0.2) is 22.6 Å². The second kappa shape index (κ2) is 4.81. The number of imidazole rings is 1. The standard InChI is InChI=1S/C14H25N3/c1-10-12(9-11-7-5-6-8-15-11)17-13(16-10)14(2,3)4/h11,15H,5-9H2,1-4H3,(H,16,17). The van der Waals surface area contributed by atoms with Crippen molar-refractivity contribution in [1.82, 2.24) is 15.3 Å². The first-order chi connectivity index (χ1) is 7.97. The summed E-state index contributed by atoms with van der Waals surface area (Å²) in [6.07, 6.45) is 5.03. The van der Waals surface area contributed by atoms with Crippen LogP contribution in [0.1, 0.15) is 57.2 Å². The first-order valence-corrected chi connectivity index (χ1v) is 6.76. The molecule has 1 atom stereocenters. The molecule has 96 valence electrons. The molecule has 0 amide bonds. The topological polar surface area (TPSA) is 40.7 Å². The zero-order valence-electron chi connectivity index (χ0n) is 11.6. The third-order valence-electron chi connectivity index (χ3n) is 3.55. The number of hydrogen-bond donors (Lipinski definition) is 2. The third-order valence-corrected chi connectivity index (χ3v) is 3.55. The lowest BCUT2D eigenvalue weighted by atomic mass is 9.96. The first kappa shape index (κ1) is 12.6. The Hall–Kier alpha value is -0.830. The maximum absolute atomic E-state index is 4.78. The van der Waals surface area contributed by atoms with Crippen LogP contribution < -0.4 is 5.32 Å². The molecule has 0 aliphatic carbocycles. The number of rotatable bonds is 2. The summed E-state index contributed by atoms with van der Waals surface area (Å²) in [4.78, 5) is 8.21. The minimum atomic E-state index is 0.114. The van der Waals surface area contributed by atoms with E-state index in [1.165, 1.54) is 37.2 Å². The Morgan fingerprint density at radius 3 is 2.59 bits per heavy atom. The van der Waals surface area contributed by atoms with E-state index < -0.39 is 0 Å². The molecule has 1 fully saturated rings. The first-order valence-electron chi connectivity index (χ1n) is 6.76. The lowest BCUT2D eigenvalue weighted by Crippen LogP contribution is -2.35. The van der Waals surface area contributed by atoms with E-state index >= 15 is 0 Å². The molecule has 1 saturated heterocycles. The largest absolute Gasteiger partial charge is 0.345 e. The quantitative estimate of drug-likeness (QED) is 0.827. The van der Waals surface area contributed by atoms with Gasteiger partial charge in [-0.2, -0.15) is 0 Å². The number of aryl methyl sites for hydroxylation is 1. The predicted octanol–water partition coefficient (Wildman–Crippen LogP) is 2.70. The van der Waals surface area contributed by atoms with Gasteiger partial charge in [-0.3, -0.25) is 0 Å². The second-order valence-corrected chi connectivity index (χ2v) is 6.26. The van der Waals surface area contributed by atoms with E-state index in [0.717, 1.165) is 12.2 Å². The molecule has 0 spiro atoms. The van der Waals surface area contributed by atoms with Gasteiger partial charge in [-0.1, -0.05) is 27.2 Å². The molecule has 2 heterocycles. The highest BCUT2D eigenvalue weighted by molar-refractivity contribution is 5.18. The van der Waals surface area contributed by atoms with Crippen LogP contribution in [-0.2, 0) is 11.8 Å². The molecule has 0 radical (unpaired) electrons. The molecule has 1 unspecified atom stereocenters. The van der Waals surface area contributed by atoms with Crippen LogP contribution in [0, 0.1) is 6.92 Å². The Balaban J connectivity index is 2.07. The summed E-state index contributed by atoms with van der Waals surface area (Å²) in [5.74, 6) is 1.11.